The summed E-state index contributed by atoms with van der Waals surface area (Å²) in [5.74, 6) is 0.293. The molecule has 2 saturated heterocycles. The van der Waals surface area contributed by atoms with Crippen LogP contribution in [0.3, 0.4) is 0 Å². The second-order valence-electron chi connectivity index (χ2n) is 5.31. The summed E-state index contributed by atoms with van der Waals surface area (Å²) >= 11 is 0. The van der Waals surface area contributed by atoms with Crippen molar-refractivity contribution in [2.45, 2.75) is 31.4 Å². The lowest BCUT2D eigenvalue weighted by Crippen LogP contribution is -2.47. The highest BCUT2D eigenvalue weighted by molar-refractivity contribution is 5.41. The fourth-order valence-corrected chi connectivity index (χ4v) is 2.76. The molecule has 1 aromatic heterocycles. The van der Waals surface area contributed by atoms with Gasteiger partial charge in [-0.2, -0.15) is 0 Å². The minimum atomic E-state index is -4.70. The van der Waals surface area contributed by atoms with Gasteiger partial charge in [0.2, 0.25) is 0 Å². The average molecular weight is 318 g/mol. The van der Waals surface area contributed by atoms with Crippen molar-refractivity contribution in [1.82, 2.24) is 4.98 Å². The zero-order valence-electron chi connectivity index (χ0n) is 11.9. The Morgan fingerprint density at radius 2 is 2.00 bits per heavy atom. The summed E-state index contributed by atoms with van der Waals surface area (Å²) in [5, 5.41) is 0. The van der Waals surface area contributed by atoms with Crippen LogP contribution >= 0.6 is 0 Å². The SMILES string of the molecule is FC(F)(F)Oc1ccc(N2CCOC(C3CCCO3)C2)nc1. The lowest BCUT2D eigenvalue weighted by atomic mass is 10.1. The third kappa shape index (κ3) is 3.80. The number of pyridine rings is 1. The smallest absolute Gasteiger partial charge is 0.404 e. The number of aromatic nitrogens is 1. The van der Waals surface area contributed by atoms with E-state index in [1.807, 2.05) is 4.90 Å². The van der Waals surface area contributed by atoms with Crippen LogP contribution in [-0.4, -0.2) is 49.9 Å². The predicted octanol–water partition coefficient (Wildman–Crippen LogP) is 2.36. The highest BCUT2D eigenvalue weighted by Crippen LogP contribution is 2.26. The van der Waals surface area contributed by atoms with Gasteiger partial charge in [-0.25, -0.2) is 4.98 Å². The van der Waals surface area contributed by atoms with Gasteiger partial charge in [0.1, 0.15) is 17.7 Å². The van der Waals surface area contributed by atoms with Gasteiger partial charge in [0.05, 0.1) is 18.9 Å². The molecule has 0 aromatic carbocycles. The molecule has 2 aliphatic rings. The van der Waals surface area contributed by atoms with Gasteiger partial charge in [0, 0.05) is 19.7 Å². The van der Waals surface area contributed by atoms with Crippen LogP contribution in [0, 0.1) is 0 Å². The first-order valence-electron chi connectivity index (χ1n) is 7.21. The van der Waals surface area contributed by atoms with Crippen LogP contribution in [0.2, 0.25) is 0 Å². The maximum atomic E-state index is 12.1. The summed E-state index contributed by atoms with van der Waals surface area (Å²) < 4.78 is 51.6. The number of ether oxygens (including phenoxy) is 3. The summed E-state index contributed by atoms with van der Waals surface area (Å²) in [6.45, 7) is 2.58. The summed E-state index contributed by atoms with van der Waals surface area (Å²) in [6, 6.07) is 2.80. The molecule has 0 bridgehead atoms. The molecule has 2 fully saturated rings. The maximum Gasteiger partial charge on any atom is 0.573 e. The number of hydrogen-bond acceptors (Lipinski definition) is 5. The second kappa shape index (κ2) is 6.29. The van der Waals surface area contributed by atoms with Gasteiger partial charge >= 0.3 is 6.36 Å². The highest BCUT2D eigenvalue weighted by Gasteiger charge is 2.33. The third-order valence-electron chi connectivity index (χ3n) is 3.75. The molecule has 0 N–H and O–H groups in total. The highest BCUT2D eigenvalue weighted by atomic mass is 19.4. The maximum absolute atomic E-state index is 12.1. The van der Waals surface area contributed by atoms with Crippen LogP contribution < -0.4 is 9.64 Å². The predicted molar refractivity (Wildman–Crippen MR) is 71.8 cm³/mol. The van der Waals surface area contributed by atoms with Gasteiger partial charge in [-0.3, -0.25) is 0 Å². The van der Waals surface area contributed by atoms with Gasteiger partial charge in [0.25, 0.3) is 0 Å². The Morgan fingerprint density at radius 3 is 2.64 bits per heavy atom. The summed E-state index contributed by atoms with van der Waals surface area (Å²) in [6.07, 6.45) is -1.54. The van der Waals surface area contributed by atoms with E-state index >= 15 is 0 Å². The molecular weight excluding hydrogens is 301 g/mol. The molecule has 2 aliphatic heterocycles. The van der Waals surface area contributed by atoms with E-state index in [1.54, 1.807) is 0 Å². The van der Waals surface area contributed by atoms with Crippen molar-refractivity contribution in [2.75, 3.05) is 31.2 Å². The first-order chi connectivity index (χ1) is 10.5. The quantitative estimate of drug-likeness (QED) is 0.856. The Labute approximate surface area is 126 Å². The first kappa shape index (κ1) is 15.4. The Hall–Kier alpha value is -1.54. The van der Waals surface area contributed by atoms with Crippen molar-refractivity contribution in [2.24, 2.45) is 0 Å². The second-order valence-corrected chi connectivity index (χ2v) is 5.31. The number of hydrogen-bond donors (Lipinski definition) is 0. The molecule has 5 nitrogen and oxygen atoms in total. The van der Waals surface area contributed by atoms with Crippen LogP contribution in [0.4, 0.5) is 19.0 Å². The van der Waals surface area contributed by atoms with Gasteiger partial charge in [-0.05, 0) is 25.0 Å². The van der Waals surface area contributed by atoms with Crippen molar-refractivity contribution in [1.29, 1.82) is 0 Å². The number of halogens is 3. The van der Waals surface area contributed by atoms with Gasteiger partial charge in [0.15, 0.2) is 0 Å². The van der Waals surface area contributed by atoms with E-state index in [0.717, 1.165) is 25.6 Å². The van der Waals surface area contributed by atoms with Gasteiger partial charge in [-0.15, -0.1) is 13.2 Å². The van der Waals surface area contributed by atoms with Crippen molar-refractivity contribution < 1.29 is 27.4 Å². The zero-order chi connectivity index (χ0) is 15.6. The molecule has 0 spiro atoms. The average Bonchev–Trinajstić information content (AvgIpc) is 3.01. The Morgan fingerprint density at radius 1 is 1.18 bits per heavy atom. The molecule has 2 atom stereocenters. The van der Waals surface area contributed by atoms with E-state index in [1.165, 1.54) is 12.1 Å². The summed E-state index contributed by atoms with van der Waals surface area (Å²) in [7, 11) is 0. The van der Waals surface area contributed by atoms with E-state index < -0.39 is 6.36 Å². The standard InChI is InChI=1S/C14H17F3N2O3/c15-14(16,17)22-10-3-4-13(18-8-10)19-5-7-21-12(9-19)11-2-1-6-20-11/h3-4,8,11-12H,1-2,5-7,9H2. The Bertz CT molecular complexity index is 489. The van der Waals surface area contributed by atoms with Crippen molar-refractivity contribution in [3.63, 3.8) is 0 Å². The molecule has 0 saturated carbocycles. The molecule has 0 radical (unpaired) electrons. The summed E-state index contributed by atoms with van der Waals surface area (Å²) in [5.41, 5.74) is 0. The number of rotatable bonds is 3. The Balaban J connectivity index is 1.63. The number of alkyl halides is 3. The number of anilines is 1. The molecule has 1 aromatic rings. The molecule has 0 aliphatic carbocycles. The molecular formula is C14H17F3N2O3. The van der Waals surface area contributed by atoms with Gasteiger partial charge < -0.3 is 19.1 Å². The van der Waals surface area contributed by atoms with Crippen LogP contribution in [0.5, 0.6) is 5.75 Å². The monoisotopic (exact) mass is 318 g/mol. The van der Waals surface area contributed by atoms with Crippen LogP contribution in [0.1, 0.15) is 12.8 Å². The molecule has 122 valence electrons. The fourth-order valence-electron chi connectivity index (χ4n) is 2.76. The van der Waals surface area contributed by atoms with Crippen LogP contribution in [0.25, 0.3) is 0 Å². The topological polar surface area (TPSA) is 43.8 Å². The van der Waals surface area contributed by atoms with Crippen molar-refractivity contribution >= 4 is 5.82 Å². The lowest BCUT2D eigenvalue weighted by molar-refractivity contribution is -0.274. The number of morpholine rings is 1. The van der Waals surface area contributed by atoms with Crippen LogP contribution in [0.15, 0.2) is 18.3 Å². The molecule has 8 heteroatoms. The van der Waals surface area contributed by atoms with E-state index in [9.17, 15) is 13.2 Å². The van der Waals surface area contributed by atoms with E-state index in [-0.39, 0.29) is 18.0 Å². The summed E-state index contributed by atoms with van der Waals surface area (Å²) in [4.78, 5) is 6.05. The lowest BCUT2D eigenvalue weighted by Gasteiger charge is -2.36. The Kier molecular flexibility index (Phi) is 4.39. The molecule has 22 heavy (non-hydrogen) atoms. The molecule has 2 unspecified atom stereocenters. The fraction of sp³-hybridized carbons (Fsp3) is 0.643. The molecule has 0 amide bonds. The molecule has 3 rings (SSSR count). The number of nitrogens with zero attached hydrogens (tertiary/aromatic N) is 2. The largest absolute Gasteiger partial charge is 0.573 e. The van der Waals surface area contributed by atoms with E-state index in [2.05, 4.69) is 9.72 Å². The molecule has 3 heterocycles. The minimum Gasteiger partial charge on any atom is -0.404 e. The zero-order valence-corrected chi connectivity index (χ0v) is 11.9. The minimum absolute atomic E-state index is 0.0239. The van der Waals surface area contributed by atoms with Crippen molar-refractivity contribution in [3.05, 3.63) is 18.3 Å². The van der Waals surface area contributed by atoms with Crippen molar-refractivity contribution in [3.8, 4) is 5.75 Å². The third-order valence-corrected chi connectivity index (χ3v) is 3.75. The van der Waals surface area contributed by atoms with Crippen LogP contribution in [-0.2, 0) is 9.47 Å². The normalized spacial score (nSPS) is 26.2. The van der Waals surface area contributed by atoms with E-state index in [0.29, 0.717) is 25.5 Å². The van der Waals surface area contributed by atoms with E-state index in [4.69, 9.17) is 9.47 Å². The first-order valence-corrected chi connectivity index (χ1v) is 7.21. The van der Waals surface area contributed by atoms with Gasteiger partial charge in [-0.1, -0.05) is 0 Å².